The molecule has 2 rings (SSSR count). The van der Waals surface area contributed by atoms with E-state index < -0.39 is 5.60 Å². The van der Waals surface area contributed by atoms with Gasteiger partial charge in [0.2, 0.25) is 0 Å². The Morgan fingerprint density at radius 2 is 1.72 bits per heavy atom. The molecular formula is C15H24ClNO. The van der Waals surface area contributed by atoms with Crippen molar-refractivity contribution in [2.45, 2.75) is 39.7 Å². The van der Waals surface area contributed by atoms with Crippen LogP contribution >= 0.6 is 11.6 Å². The summed E-state index contributed by atoms with van der Waals surface area (Å²) in [7, 11) is 0. The minimum Gasteiger partial charge on any atom is -0.385 e. The van der Waals surface area contributed by atoms with E-state index in [1.807, 2.05) is 38.1 Å². The van der Waals surface area contributed by atoms with Crippen molar-refractivity contribution in [2.24, 2.45) is 5.41 Å². The molecule has 1 atom stereocenters. The molecule has 18 heavy (non-hydrogen) atoms. The lowest BCUT2D eigenvalue weighted by Gasteiger charge is -2.47. The first-order valence-corrected chi connectivity index (χ1v) is 7.03. The van der Waals surface area contributed by atoms with Crippen LogP contribution in [-0.4, -0.2) is 18.2 Å². The Balaban J connectivity index is 0.000000771. The maximum Gasteiger partial charge on any atom is 0.0971 e. The highest BCUT2D eigenvalue weighted by Crippen LogP contribution is 2.43. The van der Waals surface area contributed by atoms with Crippen molar-refractivity contribution in [1.29, 1.82) is 0 Å². The van der Waals surface area contributed by atoms with Gasteiger partial charge < -0.3 is 10.4 Å². The highest BCUT2D eigenvalue weighted by Gasteiger charge is 2.46. The number of piperidine rings is 1. The molecule has 0 saturated carbocycles. The Hall–Kier alpha value is -0.570. The zero-order chi connectivity index (χ0) is 13.8. The topological polar surface area (TPSA) is 32.3 Å². The van der Waals surface area contributed by atoms with Gasteiger partial charge in [-0.2, -0.15) is 0 Å². The number of nitrogens with one attached hydrogen (secondary N) is 1. The molecule has 0 bridgehead atoms. The summed E-state index contributed by atoms with van der Waals surface area (Å²) in [6.45, 7) is 9.86. The standard InChI is InChI=1S/C13H18ClNO.C2H6/c1-12(2)9-15-8-7-13(12,16)10-3-5-11(14)6-4-10;1-2/h3-6,15-16H,7-9H2,1-2H3;1-2H3. The monoisotopic (exact) mass is 269 g/mol. The predicted molar refractivity (Wildman–Crippen MR) is 78.0 cm³/mol. The lowest BCUT2D eigenvalue weighted by atomic mass is 9.67. The Kier molecular flexibility index (Phi) is 5.20. The van der Waals surface area contributed by atoms with Crippen LogP contribution in [0.5, 0.6) is 0 Å². The zero-order valence-electron chi connectivity index (χ0n) is 11.8. The second-order valence-corrected chi connectivity index (χ2v) is 5.61. The second-order valence-electron chi connectivity index (χ2n) is 5.18. The van der Waals surface area contributed by atoms with E-state index in [0.717, 1.165) is 25.1 Å². The van der Waals surface area contributed by atoms with E-state index in [0.29, 0.717) is 5.02 Å². The number of benzene rings is 1. The van der Waals surface area contributed by atoms with Crippen molar-refractivity contribution in [3.8, 4) is 0 Å². The molecule has 0 aromatic heterocycles. The molecule has 1 unspecified atom stereocenters. The third-order valence-corrected chi connectivity index (χ3v) is 3.92. The predicted octanol–water partition coefficient (Wildman–Crippen LogP) is 3.57. The van der Waals surface area contributed by atoms with E-state index in [4.69, 9.17) is 11.6 Å². The second kappa shape index (κ2) is 6.05. The van der Waals surface area contributed by atoms with Crippen LogP contribution in [-0.2, 0) is 5.60 Å². The first-order valence-electron chi connectivity index (χ1n) is 6.65. The molecule has 1 heterocycles. The van der Waals surface area contributed by atoms with Gasteiger partial charge in [-0.15, -0.1) is 0 Å². The molecule has 1 saturated heterocycles. The number of hydrogen-bond donors (Lipinski definition) is 2. The van der Waals surface area contributed by atoms with Gasteiger partial charge in [0.15, 0.2) is 0 Å². The van der Waals surface area contributed by atoms with E-state index in [9.17, 15) is 5.11 Å². The SMILES string of the molecule is CC.CC1(C)CNCCC1(O)c1ccc(Cl)cc1. The van der Waals surface area contributed by atoms with Crippen molar-refractivity contribution >= 4 is 11.6 Å². The Morgan fingerprint density at radius 3 is 2.22 bits per heavy atom. The van der Waals surface area contributed by atoms with Gasteiger partial charge in [-0.3, -0.25) is 0 Å². The van der Waals surface area contributed by atoms with Crippen LogP contribution in [0.2, 0.25) is 5.02 Å². The van der Waals surface area contributed by atoms with E-state index in [1.54, 1.807) is 0 Å². The lowest BCUT2D eigenvalue weighted by Crippen LogP contribution is -2.53. The molecule has 102 valence electrons. The molecule has 2 N–H and O–H groups in total. The molecule has 0 radical (unpaired) electrons. The lowest BCUT2D eigenvalue weighted by molar-refractivity contribution is -0.0944. The average molecular weight is 270 g/mol. The summed E-state index contributed by atoms with van der Waals surface area (Å²) in [6.07, 6.45) is 0.738. The molecule has 3 heteroatoms. The largest absolute Gasteiger partial charge is 0.385 e. The summed E-state index contributed by atoms with van der Waals surface area (Å²) in [6, 6.07) is 7.53. The van der Waals surface area contributed by atoms with Gasteiger partial charge in [0.1, 0.15) is 0 Å². The van der Waals surface area contributed by atoms with Gasteiger partial charge >= 0.3 is 0 Å². The minimum atomic E-state index is -0.761. The van der Waals surface area contributed by atoms with Gasteiger partial charge in [0.05, 0.1) is 5.60 Å². The van der Waals surface area contributed by atoms with Crippen molar-refractivity contribution in [3.63, 3.8) is 0 Å². The van der Waals surface area contributed by atoms with Crippen molar-refractivity contribution in [3.05, 3.63) is 34.9 Å². The smallest absolute Gasteiger partial charge is 0.0971 e. The first-order chi connectivity index (χ1) is 8.46. The van der Waals surface area contributed by atoms with Crippen LogP contribution in [0.4, 0.5) is 0 Å². The van der Waals surface area contributed by atoms with Crippen molar-refractivity contribution in [1.82, 2.24) is 5.32 Å². The third-order valence-electron chi connectivity index (χ3n) is 3.67. The Morgan fingerprint density at radius 1 is 1.17 bits per heavy atom. The number of aliphatic hydroxyl groups is 1. The molecule has 0 aliphatic carbocycles. The van der Waals surface area contributed by atoms with E-state index in [2.05, 4.69) is 19.2 Å². The summed E-state index contributed by atoms with van der Waals surface area (Å²) in [4.78, 5) is 0. The van der Waals surface area contributed by atoms with E-state index >= 15 is 0 Å². The Labute approximate surface area is 115 Å². The van der Waals surface area contributed by atoms with Crippen LogP contribution in [0, 0.1) is 5.41 Å². The Bertz CT molecular complexity index is 375. The maximum atomic E-state index is 10.9. The average Bonchev–Trinajstić information content (AvgIpc) is 2.36. The van der Waals surface area contributed by atoms with Gasteiger partial charge in [0, 0.05) is 17.0 Å². The number of halogens is 1. The molecule has 1 aromatic carbocycles. The van der Waals surface area contributed by atoms with Crippen molar-refractivity contribution < 1.29 is 5.11 Å². The maximum absolute atomic E-state index is 10.9. The van der Waals surface area contributed by atoms with Gasteiger partial charge in [-0.05, 0) is 30.7 Å². The molecular weight excluding hydrogens is 246 g/mol. The third kappa shape index (κ3) is 2.87. The first kappa shape index (κ1) is 15.5. The highest BCUT2D eigenvalue weighted by atomic mass is 35.5. The summed E-state index contributed by atoms with van der Waals surface area (Å²) in [5.74, 6) is 0. The summed E-state index contributed by atoms with van der Waals surface area (Å²) < 4.78 is 0. The van der Waals surface area contributed by atoms with Gasteiger partial charge in [0.25, 0.3) is 0 Å². The molecule has 1 aliphatic rings. The van der Waals surface area contributed by atoms with Crippen LogP contribution in [0.3, 0.4) is 0 Å². The molecule has 2 nitrogen and oxygen atoms in total. The summed E-state index contributed by atoms with van der Waals surface area (Å²) in [5.41, 5.74) is 0.0328. The molecule has 1 aliphatic heterocycles. The van der Waals surface area contributed by atoms with Crippen LogP contribution < -0.4 is 5.32 Å². The quantitative estimate of drug-likeness (QED) is 0.817. The molecule has 0 amide bonds. The van der Waals surface area contributed by atoms with Crippen LogP contribution in [0.15, 0.2) is 24.3 Å². The fourth-order valence-electron chi connectivity index (χ4n) is 2.42. The number of hydrogen-bond acceptors (Lipinski definition) is 2. The van der Waals surface area contributed by atoms with Gasteiger partial charge in [-0.1, -0.05) is 51.4 Å². The number of rotatable bonds is 1. The fraction of sp³-hybridized carbons (Fsp3) is 0.600. The molecule has 1 aromatic rings. The van der Waals surface area contributed by atoms with Crippen molar-refractivity contribution in [2.75, 3.05) is 13.1 Å². The molecule has 1 fully saturated rings. The molecule has 0 spiro atoms. The zero-order valence-corrected chi connectivity index (χ0v) is 12.5. The summed E-state index contributed by atoms with van der Waals surface area (Å²) >= 11 is 5.87. The fourth-order valence-corrected chi connectivity index (χ4v) is 2.54. The van der Waals surface area contributed by atoms with Gasteiger partial charge in [-0.25, -0.2) is 0 Å². The summed E-state index contributed by atoms with van der Waals surface area (Å²) in [5, 5.41) is 14.9. The minimum absolute atomic E-state index is 0.168. The van der Waals surface area contributed by atoms with Crippen LogP contribution in [0.1, 0.15) is 39.7 Å². The van der Waals surface area contributed by atoms with E-state index in [-0.39, 0.29) is 5.41 Å². The normalized spacial score (nSPS) is 26.1. The van der Waals surface area contributed by atoms with Crippen LogP contribution in [0.25, 0.3) is 0 Å². The van der Waals surface area contributed by atoms with E-state index in [1.165, 1.54) is 0 Å². The highest BCUT2D eigenvalue weighted by molar-refractivity contribution is 6.30.